The average molecular weight is 408 g/mol. The summed E-state index contributed by atoms with van der Waals surface area (Å²) >= 11 is 1.37. The molecular weight excluding hydrogens is 389 g/mol. The third-order valence-electron chi connectivity index (χ3n) is 4.91. The fourth-order valence-corrected chi connectivity index (χ4v) is 3.94. The number of alkyl halides is 3. The van der Waals surface area contributed by atoms with Crippen molar-refractivity contribution in [3.63, 3.8) is 0 Å². The lowest BCUT2D eigenvalue weighted by Gasteiger charge is -2.25. The van der Waals surface area contributed by atoms with Crippen LogP contribution in [0, 0.1) is 6.92 Å². The predicted octanol–water partition coefficient (Wildman–Crippen LogP) is 4.66. The first-order valence-corrected chi connectivity index (χ1v) is 9.72. The zero-order valence-corrected chi connectivity index (χ0v) is 16.1. The van der Waals surface area contributed by atoms with Crippen molar-refractivity contribution in [3.8, 4) is 5.69 Å². The van der Waals surface area contributed by atoms with E-state index in [1.165, 1.54) is 16.0 Å². The van der Waals surface area contributed by atoms with E-state index < -0.39 is 18.1 Å². The molecule has 1 N–H and O–H groups in total. The van der Waals surface area contributed by atoms with Crippen LogP contribution in [0.3, 0.4) is 0 Å². The summed E-state index contributed by atoms with van der Waals surface area (Å²) in [5, 5.41) is 14.4. The standard InChI is InChI=1S/C19H19F3N4OS/c1-11-17(28-10-23-11)18(27)25(2)13-5-7-14(8-6-13)26-15(12-3-4-12)9-16(24-26)19(20,21)22/h5-10,12,18,27H,3-4H2,1-2H3. The molecule has 3 aromatic rings. The fraction of sp³-hybridized carbons (Fsp3) is 0.368. The van der Waals surface area contributed by atoms with Crippen molar-refractivity contribution in [1.29, 1.82) is 0 Å². The Labute approximate surface area is 164 Å². The molecule has 0 saturated heterocycles. The summed E-state index contributed by atoms with van der Waals surface area (Å²) in [6.45, 7) is 1.83. The molecule has 1 unspecified atom stereocenters. The molecule has 148 valence electrons. The Balaban J connectivity index is 1.62. The van der Waals surface area contributed by atoms with E-state index in [2.05, 4.69) is 10.1 Å². The molecule has 2 aromatic heterocycles. The number of halogens is 3. The van der Waals surface area contributed by atoms with Gasteiger partial charge >= 0.3 is 6.18 Å². The van der Waals surface area contributed by atoms with Crippen molar-refractivity contribution >= 4 is 17.0 Å². The Kier molecular flexibility index (Phi) is 4.67. The Morgan fingerprint density at radius 2 is 1.93 bits per heavy atom. The monoisotopic (exact) mass is 408 g/mol. The molecule has 0 bridgehead atoms. The lowest BCUT2D eigenvalue weighted by atomic mass is 10.2. The van der Waals surface area contributed by atoms with Crippen LogP contribution in [0.4, 0.5) is 18.9 Å². The fourth-order valence-electron chi connectivity index (χ4n) is 3.12. The van der Waals surface area contributed by atoms with Gasteiger partial charge in [-0.2, -0.15) is 18.3 Å². The molecule has 0 aliphatic heterocycles. The molecular formula is C19H19F3N4OS. The molecule has 1 aliphatic carbocycles. The Morgan fingerprint density at radius 3 is 2.46 bits per heavy atom. The first-order chi connectivity index (χ1) is 13.3. The van der Waals surface area contributed by atoms with Crippen LogP contribution < -0.4 is 4.90 Å². The van der Waals surface area contributed by atoms with Gasteiger partial charge in [-0.3, -0.25) is 0 Å². The van der Waals surface area contributed by atoms with Crippen LogP contribution in [0.1, 0.15) is 46.9 Å². The molecule has 5 nitrogen and oxygen atoms in total. The number of thiazole rings is 1. The highest BCUT2D eigenvalue weighted by Gasteiger charge is 2.38. The van der Waals surface area contributed by atoms with Gasteiger partial charge in [0.1, 0.15) is 0 Å². The van der Waals surface area contributed by atoms with Gasteiger partial charge in [0.25, 0.3) is 0 Å². The van der Waals surface area contributed by atoms with E-state index in [1.807, 2.05) is 6.92 Å². The molecule has 1 atom stereocenters. The molecule has 1 saturated carbocycles. The van der Waals surface area contributed by atoms with E-state index in [1.54, 1.807) is 41.7 Å². The van der Waals surface area contributed by atoms with Crippen molar-refractivity contribution in [1.82, 2.24) is 14.8 Å². The van der Waals surface area contributed by atoms with Gasteiger partial charge in [-0.15, -0.1) is 11.3 Å². The maximum Gasteiger partial charge on any atom is 0.435 e. The minimum atomic E-state index is -4.47. The van der Waals surface area contributed by atoms with Crippen molar-refractivity contribution in [3.05, 3.63) is 57.8 Å². The molecule has 1 fully saturated rings. The molecule has 1 aromatic carbocycles. The van der Waals surface area contributed by atoms with Crippen molar-refractivity contribution < 1.29 is 18.3 Å². The van der Waals surface area contributed by atoms with Crippen molar-refractivity contribution in [2.75, 3.05) is 11.9 Å². The van der Waals surface area contributed by atoms with Crippen LogP contribution in [0.25, 0.3) is 5.69 Å². The average Bonchev–Trinajstić information content (AvgIpc) is 3.25. The van der Waals surface area contributed by atoms with E-state index in [0.29, 0.717) is 11.4 Å². The third-order valence-corrected chi connectivity index (χ3v) is 5.88. The second-order valence-electron chi connectivity index (χ2n) is 6.94. The second kappa shape index (κ2) is 6.89. The molecule has 1 aliphatic rings. The zero-order valence-electron chi connectivity index (χ0n) is 15.3. The molecule has 0 spiro atoms. The van der Waals surface area contributed by atoms with Gasteiger partial charge in [0, 0.05) is 24.3 Å². The molecule has 4 rings (SSSR count). The first-order valence-electron chi connectivity index (χ1n) is 8.84. The predicted molar refractivity (Wildman–Crippen MR) is 101 cm³/mol. The number of hydrogen-bond donors (Lipinski definition) is 1. The van der Waals surface area contributed by atoms with E-state index in [4.69, 9.17) is 0 Å². The Hall–Kier alpha value is -2.39. The molecule has 0 amide bonds. The molecule has 28 heavy (non-hydrogen) atoms. The number of benzene rings is 1. The molecule has 0 radical (unpaired) electrons. The normalized spacial score (nSPS) is 15.6. The largest absolute Gasteiger partial charge is 0.435 e. The van der Waals surface area contributed by atoms with E-state index in [-0.39, 0.29) is 5.92 Å². The smallest absolute Gasteiger partial charge is 0.368 e. The van der Waals surface area contributed by atoms with Crippen LogP contribution in [0.5, 0.6) is 0 Å². The van der Waals surface area contributed by atoms with E-state index in [0.717, 1.165) is 35.2 Å². The number of anilines is 1. The van der Waals surface area contributed by atoms with Gasteiger partial charge in [-0.1, -0.05) is 0 Å². The number of rotatable bonds is 5. The SMILES string of the molecule is Cc1ncsc1C(O)N(C)c1ccc(-n2nc(C(F)(F)F)cc2C2CC2)cc1. The maximum atomic E-state index is 13.1. The van der Waals surface area contributed by atoms with Crippen molar-refractivity contribution in [2.24, 2.45) is 0 Å². The van der Waals surface area contributed by atoms with E-state index >= 15 is 0 Å². The number of hydrogen-bond acceptors (Lipinski definition) is 5. The van der Waals surface area contributed by atoms with Crippen LogP contribution in [0.15, 0.2) is 35.8 Å². The van der Waals surface area contributed by atoms with Crippen molar-refractivity contribution in [2.45, 2.75) is 38.1 Å². The summed E-state index contributed by atoms with van der Waals surface area (Å²) < 4.78 is 40.7. The minimum Gasteiger partial charge on any atom is -0.368 e. The lowest BCUT2D eigenvalue weighted by molar-refractivity contribution is -0.141. The minimum absolute atomic E-state index is 0.127. The summed E-state index contributed by atoms with van der Waals surface area (Å²) in [6, 6.07) is 8.11. The van der Waals surface area contributed by atoms with Crippen LogP contribution >= 0.6 is 11.3 Å². The molecule has 2 heterocycles. The number of aromatic nitrogens is 3. The molecule has 9 heteroatoms. The summed E-state index contributed by atoms with van der Waals surface area (Å²) in [5.41, 5.74) is 3.48. The number of nitrogens with zero attached hydrogens (tertiary/aromatic N) is 4. The summed E-state index contributed by atoms with van der Waals surface area (Å²) in [6.07, 6.45) is -3.55. The summed E-state index contributed by atoms with van der Waals surface area (Å²) in [4.78, 5) is 6.60. The highest BCUT2D eigenvalue weighted by molar-refractivity contribution is 7.09. The zero-order chi connectivity index (χ0) is 20.1. The third kappa shape index (κ3) is 3.51. The van der Waals surface area contributed by atoms with Gasteiger partial charge in [0.15, 0.2) is 11.9 Å². The van der Waals surface area contributed by atoms with E-state index in [9.17, 15) is 18.3 Å². The van der Waals surface area contributed by atoms with Crippen LogP contribution in [0.2, 0.25) is 0 Å². The topological polar surface area (TPSA) is 54.2 Å². The number of aryl methyl sites for hydroxylation is 1. The Bertz CT molecular complexity index is 976. The number of aliphatic hydroxyl groups excluding tert-OH is 1. The van der Waals surface area contributed by atoms with Crippen LogP contribution in [-0.2, 0) is 6.18 Å². The first kappa shape index (κ1) is 18.9. The highest BCUT2D eigenvalue weighted by atomic mass is 32.1. The summed E-state index contributed by atoms with van der Waals surface area (Å²) in [7, 11) is 1.75. The maximum absolute atomic E-state index is 13.1. The van der Waals surface area contributed by atoms with Crippen LogP contribution in [-0.4, -0.2) is 26.9 Å². The van der Waals surface area contributed by atoms with Gasteiger partial charge in [-0.25, -0.2) is 9.67 Å². The Morgan fingerprint density at radius 1 is 1.25 bits per heavy atom. The second-order valence-corrected chi connectivity index (χ2v) is 7.83. The highest BCUT2D eigenvalue weighted by Crippen LogP contribution is 2.43. The summed E-state index contributed by atoms with van der Waals surface area (Å²) in [5.74, 6) is 0.127. The van der Waals surface area contributed by atoms with Gasteiger partial charge in [-0.05, 0) is 50.1 Å². The number of aliphatic hydroxyl groups is 1. The lowest BCUT2D eigenvalue weighted by Crippen LogP contribution is -2.23. The van der Waals surface area contributed by atoms with Gasteiger partial charge in [0.2, 0.25) is 0 Å². The quantitative estimate of drug-likeness (QED) is 0.624. The van der Waals surface area contributed by atoms with Gasteiger partial charge < -0.3 is 10.0 Å². The van der Waals surface area contributed by atoms with Gasteiger partial charge in [0.05, 0.1) is 21.8 Å².